The lowest BCUT2D eigenvalue weighted by Gasteiger charge is -2.07. The summed E-state index contributed by atoms with van der Waals surface area (Å²) in [4.78, 5) is 0. The maximum Gasteiger partial charge on any atom is 0.357 e. The average Bonchev–Trinajstić information content (AvgIpc) is 2.09. The van der Waals surface area contributed by atoms with Crippen LogP contribution in [0.15, 0.2) is 18.2 Å². The molecule has 1 nitrogen and oxygen atoms in total. The molecule has 1 aromatic rings. The van der Waals surface area contributed by atoms with E-state index < -0.39 is 17.3 Å². The molecular formula is C8H3ClF3N. The zero-order valence-electron chi connectivity index (χ0n) is 6.19. The van der Waals surface area contributed by atoms with Crippen molar-refractivity contribution in [2.45, 2.75) is 5.92 Å². The smallest absolute Gasteiger partial charge is 0.205 e. The van der Waals surface area contributed by atoms with Gasteiger partial charge in [0.15, 0.2) is 0 Å². The second kappa shape index (κ2) is 3.27. The largest absolute Gasteiger partial charge is 0.357 e. The number of hydrogen-bond donors (Lipinski definition) is 0. The van der Waals surface area contributed by atoms with Gasteiger partial charge in [0.05, 0.1) is 5.02 Å². The molecule has 0 aliphatic rings. The molecule has 0 saturated carbocycles. The predicted molar refractivity (Wildman–Crippen MR) is 40.9 cm³/mol. The molecule has 0 radical (unpaired) electrons. The van der Waals surface area contributed by atoms with Gasteiger partial charge in [0.25, 0.3) is 0 Å². The molecule has 0 aliphatic heterocycles. The van der Waals surface area contributed by atoms with Crippen molar-refractivity contribution in [2.24, 2.45) is 0 Å². The van der Waals surface area contributed by atoms with Crippen molar-refractivity contribution in [1.29, 1.82) is 5.26 Å². The van der Waals surface area contributed by atoms with Gasteiger partial charge >= 0.3 is 5.92 Å². The molecule has 0 spiro atoms. The second-order valence-electron chi connectivity index (χ2n) is 2.32. The molecule has 1 aromatic carbocycles. The molecular weight excluding hydrogens is 203 g/mol. The van der Waals surface area contributed by atoms with E-state index in [0.717, 1.165) is 18.2 Å². The Hall–Kier alpha value is -1.21. The average molecular weight is 206 g/mol. The second-order valence-corrected chi connectivity index (χ2v) is 2.72. The zero-order chi connectivity index (χ0) is 10.1. The number of halogens is 4. The summed E-state index contributed by atoms with van der Waals surface area (Å²) in [5.41, 5.74) is -0.697. The van der Waals surface area contributed by atoms with Crippen LogP contribution in [0.25, 0.3) is 0 Å². The quantitative estimate of drug-likeness (QED) is 0.691. The van der Waals surface area contributed by atoms with Crippen molar-refractivity contribution >= 4 is 11.6 Å². The summed E-state index contributed by atoms with van der Waals surface area (Å²) in [5.74, 6) is -4.64. The number of rotatable bonds is 1. The van der Waals surface area contributed by atoms with E-state index >= 15 is 0 Å². The lowest BCUT2D eigenvalue weighted by atomic mass is 10.1. The minimum atomic E-state index is -3.68. The van der Waals surface area contributed by atoms with Gasteiger partial charge in [-0.25, -0.2) is 4.39 Å². The number of hydrogen-bond acceptors (Lipinski definition) is 1. The van der Waals surface area contributed by atoms with Gasteiger partial charge in [0.2, 0.25) is 0 Å². The van der Waals surface area contributed by atoms with E-state index in [1.54, 1.807) is 0 Å². The molecule has 1 rings (SSSR count). The van der Waals surface area contributed by atoms with Crippen LogP contribution in [0.1, 0.15) is 5.56 Å². The van der Waals surface area contributed by atoms with Crippen LogP contribution >= 0.6 is 11.6 Å². The molecule has 0 fully saturated rings. The number of alkyl halides is 2. The summed E-state index contributed by atoms with van der Waals surface area (Å²) in [5, 5.41) is 7.80. The first-order valence-corrected chi connectivity index (χ1v) is 3.60. The van der Waals surface area contributed by atoms with Gasteiger partial charge in [0, 0.05) is 5.56 Å². The molecule has 0 N–H and O–H groups in total. The van der Waals surface area contributed by atoms with Gasteiger partial charge in [-0.2, -0.15) is 14.0 Å². The lowest BCUT2D eigenvalue weighted by Crippen LogP contribution is -2.09. The highest BCUT2D eigenvalue weighted by atomic mass is 35.5. The fraction of sp³-hybridized carbons (Fsp3) is 0.125. The van der Waals surface area contributed by atoms with Gasteiger partial charge < -0.3 is 0 Å². The van der Waals surface area contributed by atoms with Crippen LogP contribution < -0.4 is 0 Å². The third kappa shape index (κ3) is 1.93. The molecule has 0 amide bonds. The van der Waals surface area contributed by atoms with Gasteiger partial charge in [-0.05, 0) is 12.1 Å². The fourth-order valence-electron chi connectivity index (χ4n) is 0.756. The third-order valence-electron chi connectivity index (χ3n) is 1.42. The summed E-state index contributed by atoms with van der Waals surface area (Å²) < 4.78 is 37.9. The van der Waals surface area contributed by atoms with Crippen LogP contribution in [0.5, 0.6) is 0 Å². The van der Waals surface area contributed by atoms with E-state index in [0.29, 0.717) is 6.07 Å². The molecule has 0 bridgehead atoms. The first-order valence-electron chi connectivity index (χ1n) is 3.22. The van der Waals surface area contributed by atoms with Gasteiger partial charge in [-0.3, -0.25) is 0 Å². The monoisotopic (exact) mass is 205 g/mol. The number of nitriles is 1. The molecule has 0 heterocycles. The Labute approximate surface area is 77.4 Å². The van der Waals surface area contributed by atoms with E-state index in [1.165, 1.54) is 0 Å². The maximum atomic E-state index is 12.7. The molecule has 68 valence electrons. The minimum Gasteiger partial charge on any atom is -0.205 e. The Morgan fingerprint density at radius 3 is 2.46 bits per heavy atom. The predicted octanol–water partition coefficient (Wildman–Crippen LogP) is 3.09. The lowest BCUT2D eigenvalue weighted by molar-refractivity contribution is 0.0609. The molecule has 13 heavy (non-hydrogen) atoms. The van der Waals surface area contributed by atoms with Crippen molar-refractivity contribution in [1.82, 2.24) is 0 Å². The Morgan fingerprint density at radius 1 is 1.38 bits per heavy atom. The van der Waals surface area contributed by atoms with Gasteiger partial charge in [-0.1, -0.05) is 17.7 Å². The summed E-state index contributed by atoms with van der Waals surface area (Å²) in [6.07, 6.45) is 0. The van der Waals surface area contributed by atoms with E-state index in [2.05, 4.69) is 0 Å². The Kier molecular flexibility index (Phi) is 2.48. The zero-order valence-corrected chi connectivity index (χ0v) is 6.95. The van der Waals surface area contributed by atoms with Crippen LogP contribution in [0.2, 0.25) is 5.02 Å². The van der Waals surface area contributed by atoms with Crippen LogP contribution in [0.4, 0.5) is 13.2 Å². The third-order valence-corrected chi connectivity index (χ3v) is 1.73. The summed E-state index contributed by atoms with van der Waals surface area (Å²) >= 11 is 5.27. The normalized spacial score (nSPS) is 11.0. The maximum absolute atomic E-state index is 12.7. The summed E-state index contributed by atoms with van der Waals surface area (Å²) in [7, 11) is 0. The van der Waals surface area contributed by atoms with Crippen molar-refractivity contribution in [3.63, 3.8) is 0 Å². The SMILES string of the molecule is N#CC(F)(F)c1ccc(Cl)c(F)c1. The van der Waals surface area contributed by atoms with Crippen LogP contribution in [0.3, 0.4) is 0 Å². The minimum absolute atomic E-state index is 0.252. The van der Waals surface area contributed by atoms with Gasteiger partial charge in [-0.15, -0.1) is 0 Å². The van der Waals surface area contributed by atoms with Crippen LogP contribution in [0, 0.1) is 17.1 Å². The Bertz CT molecular complexity index is 370. The van der Waals surface area contributed by atoms with Gasteiger partial charge in [0.1, 0.15) is 11.9 Å². The topological polar surface area (TPSA) is 23.8 Å². The van der Waals surface area contributed by atoms with Crippen molar-refractivity contribution in [3.05, 3.63) is 34.6 Å². The van der Waals surface area contributed by atoms with Crippen LogP contribution in [-0.4, -0.2) is 0 Å². The highest BCUT2D eigenvalue weighted by Gasteiger charge is 2.31. The molecule has 0 aliphatic carbocycles. The van der Waals surface area contributed by atoms with E-state index in [4.69, 9.17) is 16.9 Å². The van der Waals surface area contributed by atoms with E-state index in [-0.39, 0.29) is 5.02 Å². The molecule has 5 heteroatoms. The van der Waals surface area contributed by atoms with Crippen LogP contribution in [-0.2, 0) is 5.92 Å². The molecule has 0 aromatic heterocycles. The fourth-order valence-corrected chi connectivity index (χ4v) is 0.874. The highest BCUT2D eigenvalue weighted by Crippen LogP contribution is 2.29. The molecule has 0 atom stereocenters. The Morgan fingerprint density at radius 2 is 2.00 bits per heavy atom. The summed E-state index contributed by atoms with van der Waals surface area (Å²) in [6, 6.07) is 3.20. The van der Waals surface area contributed by atoms with Crippen molar-refractivity contribution < 1.29 is 13.2 Å². The summed E-state index contributed by atoms with van der Waals surface area (Å²) in [6.45, 7) is 0. The first-order chi connectivity index (χ1) is 5.97. The molecule has 0 unspecified atom stereocenters. The highest BCUT2D eigenvalue weighted by molar-refractivity contribution is 6.30. The number of nitrogens with zero attached hydrogens (tertiary/aromatic N) is 1. The number of benzene rings is 1. The first kappa shape index (κ1) is 9.87. The Balaban J connectivity index is 3.20. The standard InChI is InChI=1S/C8H3ClF3N/c9-6-2-1-5(3-7(6)10)8(11,12)4-13/h1-3H. The molecule has 0 saturated heterocycles. The van der Waals surface area contributed by atoms with E-state index in [9.17, 15) is 13.2 Å². The van der Waals surface area contributed by atoms with Crippen molar-refractivity contribution in [3.8, 4) is 6.07 Å². The van der Waals surface area contributed by atoms with E-state index in [1.807, 2.05) is 0 Å². The van der Waals surface area contributed by atoms with Crippen molar-refractivity contribution in [2.75, 3.05) is 0 Å².